The minimum absolute atomic E-state index is 0.0534. The van der Waals surface area contributed by atoms with Crippen molar-refractivity contribution in [1.82, 2.24) is 0 Å². The van der Waals surface area contributed by atoms with Crippen LogP contribution in [0.1, 0.15) is 198 Å². The van der Waals surface area contributed by atoms with E-state index in [1.807, 2.05) is 62.3 Å². The van der Waals surface area contributed by atoms with E-state index in [1.165, 1.54) is 18.2 Å². The molecule has 0 aliphatic heterocycles. The first-order chi connectivity index (χ1) is 29.1. The van der Waals surface area contributed by atoms with Gasteiger partial charge < -0.3 is 40.9 Å². The summed E-state index contributed by atoms with van der Waals surface area (Å²) in [6.45, 7) is 18.8. The average molecular weight is 855 g/mol. The molecule has 12 nitrogen and oxygen atoms in total. The lowest BCUT2D eigenvalue weighted by molar-refractivity contribution is 0.110. The Morgan fingerprint density at radius 3 is 0.839 bits per heavy atom. The summed E-state index contributed by atoms with van der Waals surface area (Å²) in [5, 5.41) is 92.3. The molecule has 0 aliphatic rings. The predicted molar refractivity (Wildman–Crippen MR) is 237 cm³/mol. The quantitative estimate of drug-likeness (QED) is 0.0412. The summed E-state index contributed by atoms with van der Waals surface area (Å²) in [6.07, 6.45) is 2.56. The van der Waals surface area contributed by atoms with E-state index in [0.29, 0.717) is 30.8 Å². The Kier molecular flexibility index (Phi) is 15.5. The molecule has 12 heteroatoms. The van der Waals surface area contributed by atoms with Crippen molar-refractivity contribution < 1.29 is 60.0 Å². The molecule has 4 unspecified atom stereocenters. The van der Waals surface area contributed by atoms with E-state index in [1.54, 1.807) is 13.0 Å². The molecule has 0 aliphatic carbocycles. The number of phenols is 8. The van der Waals surface area contributed by atoms with Gasteiger partial charge >= 0.3 is 0 Å². The lowest BCUT2D eigenvalue weighted by Crippen LogP contribution is -2.14. The van der Waals surface area contributed by atoms with Crippen LogP contribution in [-0.2, 0) is 0 Å². The van der Waals surface area contributed by atoms with Crippen LogP contribution >= 0.6 is 0 Å². The van der Waals surface area contributed by atoms with E-state index in [4.69, 9.17) is 0 Å². The van der Waals surface area contributed by atoms with Gasteiger partial charge in [-0.1, -0.05) is 62.3 Å². The number of carbonyl (C=O) groups excluding carboxylic acids is 4. The molecule has 4 rings (SSSR count). The standard InChI is InChI=1S/C50H62O12/c1-23(2)11-27(9)29-16-34(46(58)40(20-52)44(29)56)31(13-25(5)6)36-18-38(50(62)42(22-54)48(36)60)32(14-26(7)8)37-17-35(47(59)41(21-53)49(37)61)30(12-24(3)4)33-15-28(10)43(55)39(19-51)45(33)57/h15-27,30-32,55-62H,11-14H2,1-10H3. The van der Waals surface area contributed by atoms with Gasteiger partial charge in [-0.2, -0.15) is 0 Å². The maximum atomic E-state index is 12.9. The highest BCUT2D eigenvalue weighted by Gasteiger charge is 2.35. The molecular formula is C50H62O12. The molecule has 334 valence electrons. The van der Waals surface area contributed by atoms with Crippen LogP contribution in [-0.4, -0.2) is 66.0 Å². The summed E-state index contributed by atoms with van der Waals surface area (Å²) in [7, 11) is 0. The van der Waals surface area contributed by atoms with Crippen LogP contribution in [0.4, 0.5) is 0 Å². The van der Waals surface area contributed by atoms with Crippen LogP contribution in [0.25, 0.3) is 0 Å². The second-order valence-electron chi connectivity index (χ2n) is 18.4. The number of aryl methyl sites for hydroxylation is 1. The molecule has 0 saturated carbocycles. The molecule has 0 amide bonds. The summed E-state index contributed by atoms with van der Waals surface area (Å²) in [6, 6.07) is 6.03. The Labute approximate surface area is 363 Å². The Balaban J connectivity index is 2.17. The van der Waals surface area contributed by atoms with Gasteiger partial charge in [0.1, 0.15) is 46.0 Å². The third kappa shape index (κ3) is 9.54. The van der Waals surface area contributed by atoms with Crippen molar-refractivity contribution in [3.63, 3.8) is 0 Å². The van der Waals surface area contributed by atoms with E-state index in [9.17, 15) is 60.0 Å². The zero-order valence-corrected chi connectivity index (χ0v) is 37.3. The monoisotopic (exact) mass is 854 g/mol. The van der Waals surface area contributed by atoms with Gasteiger partial charge in [-0.3, -0.25) is 19.2 Å². The zero-order chi connectivity index (χ0) is 46.7. The Morgan fingerprint density at radius 2 is 0.581 bits per heavy atom. The third-order valence-corrected chi connectivity index (χ3v) is 11.8. The lowest BCUT2D eigenvalue weighted by atomic mass is 9.75. The van der Waals surface area contributed by atoms with Gasteiger partial charge in [-0.15, -0.1) is 0 Å². The number of hydrogen-bond donors (Lipinski definition) is 8. The largest absolute Gasteiger partial charge is 0.507 e. The number of benzene rings is 4. The lowest BCUT2D eigenvalue weighted by Gasteiger charge is -2.30. The number of phenolic OH excluding ortho intramolecular Hbond substituents is 8. The van der Waals surface area contributed by atoms with Gasteiger partial charge in [0.25, 0.3) is 0 Å². The van der Waals surface area contributed by atoms with Crippen LogP contribution < -0.4 is 0 Å². The fraction of sp³-hybridized carbons (Fsp3) is 0.440. The number of aldehydes is 4. The van der Waals surface area contributed by atoms with Gasteiger partial charge in [0.2, 0.25) is 0 Å². The van der Waals surface area contributed by atoms with Gasteiger partial charge in [-0.25, -0.2) is 0 Å². The SMILES string of the molecule is Cc1cc(C(CC(C)C)c2cc(C(CC(C)C)c3cc(C(CC(C)C)c4cc(C(C)CC(C)C)c(O)c(C=O)c4O)c(O)c(C=O)c3O)c(O)c(C=O)c2O)c(O)c(C=O)c1O. The minimum atomic E-state index is -1.04. The van der Waals surface area contributed by atoms with Crippen molar-refractivity contribution in [2.45, 2.75) is 119 Å². The summed E-state index contributed by atoms with van der Waals surface area (Å²) in [5.41, 5.74) is -0.339. The molecule has 0 saturated heterocycles. The molecule has 0 radical (unpaired) electrons. The van der Waals surface area contributed by atoms with Gasteiger partial charge in [0, 0.05) is 51.1 Å². The summed E-state index contributed by atoms with van der Waals surface area (Å²) >= 11 is 0. The molecule has 4 aromatic rings. The number of rotatable bonds is 19. The van der Waals surface area contributed by atoms with Crippen LogP contribution in [0.2, 0.25) is 0 Å². The van der Waals surface area contributed by atoms with Crippen molar-refractivity contribution in [1.29, 1.82) is 0 Å². The normalized spacial score (nSPS) is 13.7. The topological polar surface area (TPSA) is 230 Å². The summed E-state index contributed by atoms with van der Waals surface area (Å²) in [4.78, 5) is 50.2. The fourth-order valence-electron chi connectivity index (χ4n) is 8.96. The molecular weight excluding hydrogens is 793 g/mol. The van der Waals surface area contributed by atoms with Crippen molar-refractivity contribution in [3.8, 4) is 46.0 Å². The van der Waals surface area contributed by atoms with Crippen molar-refractivity contribution in [3.05, 3.63) is 91.0 Å². The zero-order valence-electron chi connectivity index (χ0n) is 37.3. The van der Waals surface area contributed by atoms with E-state index in [2.05, 4.69) is 0 Å². The van der Waals surface area contributed by atoms with E-state index >= 15 is 0 Å². The first-order valence-electron chi connectivity index (χ1n) is 21.2. The van der Waals surface area contributed by atoms with Crippen molar-refractivity contribution >= 4 is 25.1 Å². The van der Waals surface area contributed by atoms with Gasteiger partial charge in [0.15, 0.2) is 25.1 Å². The molecule has 0 heterocycles. The molecule has 62 heavy (non-hydrogen) atoms. The molecule has 8 N–H and O–H groups in total. The molecule has 0 aromatic heterocycles. The second kappa shape index (κ2) is 19.8. The van der Waals surface area contributed by atoms with Gasteiger partial charge in [0.05, 0.1) is 22.3 Å². The first-order valence-corrected chi connectivity index (χ1v) is 21.2. The smallest absolute Gasteiger partial charge is 0.157 e. The highest BCUT2D eigenvalue weighted by molar-refractivity contribution is 5.89. The Hall–Kier alpha value is -6.04. The van der Waals surface area contributed by atoms with E-state index in [-0.39, 0.29) is 111 Å². The van der Waals surface area contributed by atoms with E-state index in [0.717, 1.165) is 0 Å². The molecule has 0 fully saturated rings. The summed E-state index contributed by atoms with van der Waals surface area (Å²) in [5.74, 6) is -7.53. The van der Waals surface area contributed by atoms with Crippen molar-refractivity contribution in [2.75, 3.05) is 0 Å². The van der Waals surface area contributed by atoms with Crippen LogP contribution in [0.5, 0.6) is 46.0 Å². The number of carbonyl (C=O) groups is 4. The van der Waals surface area contributed by atoms with E-state index < -0.39 is 69.1 Å². The first kappa shape index (κ1) is 48.6. The Bertz CT molecular complexity index is 2340. The third-order valence-electron chi connectivity index (χ3n) is 11.8. The maximum absolute atomic E-state index is 12.9. The molecule has 4 atom stereocenters. The number of hydrogen-bond acceptors (Lipinski definition) is 12. The predicted octanol–water partition coefficient (Wildman–Crippen LogP) is 10.6. The number of aromatic hydroxyl groups is 8. The molecule has 0 spiro atoms. The molecule has 0 bridgehead atoms. The Morgan fingerprint density at radius 1 is 0.355 bits per heavy atom. The van der Waals surface area contributed by atoms with Crippen LogP contribution in [0.15, 0.2) is 24.3 Å². The maximum Gasteiger partial charge on any atom is 0.157 e. The van der Waals surface area contributed by atoms with Crippen LogP contribution in [0, 0.1) is 30.6 Å². The second-order valence-corrected chi connectivity index (χ2v) is 18.4. The van der Waals surface area contributed by atoms with Crippen LogP contribution in [0.3, 0.4) is 0 Å². The fourth-order valence-corrected chi connectivity index (χ4v) is 8.96. The average Bonchev–Trinajstić information content (AvgIpc) is 3.18. The highest BCUT2D eigenvalue weighted by atomic mass is 16.3. The van der Waals surface area contributed by atoms with Gasteiger partial charge in [-0.05, 0) is 97.6 Å². The van der Waals surface area contributed by atoms with Crippen molar-refractivity contribution in [2.24, 2.45) is 23.7 Å². The summed E-state index contributed by atoms with van der Waals surface area (Å²) < 4.78 is 0. The molecule has 4 aromatic carbocycles. The highest BCUT2D eigenvalue weighted by Crippen LogP contribution is 2.53. The minimum Gasteiger partial charge on any atom is -0.507 e.